The molecule has 2 aromatic rings. The van der Waals surface area contributed by atoms with Gasteiger partial charge in [0.15, 0.2) is 0 Å². The molecule has 1 amide bonds. The Labute approximate surface area is 92.3 Å². The second kappa shape index (κ2) is 4.59. The first-order valence-corrected chi connectivity index (χ1v) is 4.81. The summed E-state index contributed by atoms with van der Waals surface area (Å²) in [5.74, 6) is 0.168. The molecule has 0 unspecified atom stereocenters. The van der Waals surface area contributed by atoms with Crippen LogP contribution in [0.2, 0.25) is 0 Å². The summed E-state index contributed by atoms with van der Waals surface area (Å²) in [4.78, 5) is 15.5. The molecule has 0 aliphatic carbocycles. The number of hydrogen-bond donors (Lipinski definition) is 2. The molecule has 0 fully saturated rings. The highest BCUT2D eigenvalue weighted by atomic mass is 16.4. The van der Waals surface area contributed by atoms with Gasteiger partial charge in [-0.2, -0.15) is 0 Å². The average molecular weight is 217 g/mol. The van der Waals surface area contributed by atoms with Gasteiger partial charge in [0.1, 0.15) is 0 Å². The van der Waals surface area contributed by atoms with E-state index in [2.05, 4.69) is 10.3 Å². The van der Waals surface area contributed by atoms with E-state index in [1.807, 2.05) is 18.2 Å². The van der Waals surface area contributed by atoms with Gasteiger partial charge in [0.25, 0.3) is 5.91 Å². The summed E-state index contributed by atoms with van der Waals surface area (Å²) >= 11 is 0. The first-order valence-electron chi connectivity index (χ1n) is 4.81. The number of benzene rings is 1. The Morgan fingerprint density at radius 2 is 2.12 bits per heavy atom. The van der Waals surface area contributed by atoms with Crippen molar-refractivity contribution in [3.8, 4) is 0 Å². The Balaban J connectivity index is 2.09. The SMILES string of the molecule is NCc1ncc(C(=O)Nc2ccccc2)o1. The van der Waals surface area contributed by atoms with Crippen LogP contribution in [0.4, 0.5) is 5.69 Å². The van der Waals surface area contributed by atoms with Crippen LogP contribution in [0.25, 0.3) is 0 Å². The normalized spacial score (nSPS) is 10.1. The predicted molar refractivity (Wildman–Crippen MR) is 58.8 cm³/mol. The molecule has 1 aromatic carbocycles. The lowest BCUT2D eigenvalue weighted by Crippen LogP contribution is -2.10. The standard InChI is InChI=1S/C11H11N3O2/c12-6-10-13-7-9(16-10)11(15)14-8-4-2-1-3-5-8/h1-5,7H,6,12H2,(H,14,15). The maximum atomic E-state index is 11.7. The number of carbonyl (C=O) groups excluding carboxylic acids is 1. The third kappa shape index (κ3) is 2.26. The summed E-state index contributed by atoms with van der Waals surface area (Å²) in [6, 6.07) is 9.12. The van der Waals surface area contributed by atoms with Crippen molar-refractivity contribution in [2.75, 3.05) is 5.32 Å². The van der Waals surface area contributed by atoms with Gasteiger partial charge in [-0.25, -0.2) is 4.98 Å². The van der Waals surface area contributed by atoms with Crippen molar-refractivity contribution in [2.45, 2.75) is 6.54 Å². The van der Waals surface area contributed by atoms with E-state index in [4.69, 9.17) is 10.2 Å². The fraction of sp³-hybridized carbons (Fsp3) is 0.0909. The van der Waals surface area contributed by atoms with Crippen LogP contribution >= 0.6 is 0 Å². The molecule has 0 saturated heterocycles. The van der Waals surface area contributed by atoms with Crippen LogP contribution in [0.5, 0.6) is 0 Å². The summed E-state index contributed by atoms with van der Waals surface area (Å²) in [5, 5.41) is 2.68. The molecule has 1 heterocycles. The number of para-hydroxylation sites is 1. The molecule has 0 bridgehead atoms. The Bertz CT molecular complexity index is 479. The fourth-order valence-electron chi connectivity index (χ4n) is 1.22. The van der Waals surface area contributed by atoms with Crippen molar-refractivity contribution in [3.63, 3.8) is 0 Å². The van der Waals surface area contributed by atoms with E-state index in [-0.39, 0.29) is 18.2 Å². The molecule has 1 aromatic heterocycles. The molecule has 0 radical (unpaired) electrons. The number of hydrogen-bond acceptors (Lipinski definition) is 4. The van der Waals surface area contributed by atoms with Gasteiger partial charge < -0.3 is 15.5 Å². The molecule has 82 valence electrons. The second-order valence-electron chi connectivity index (χ2n) is 3.14. The minimum absolute atomic E-state index is 0.157. The highest BCUT2D eigenvalue weighted by Gasteiger charge is 2.11. The number of aromatic nitrogens is 1. The number of oxazole rings is 1. The van der Waals surface area contributed by atoms with Gasteiger partial charge >= 0.3 is 0 Å². The van der Waals surface area contributed by atoms with Crippen molar-refractivity contribution in [2.24, 2.45) is 5.73 Å². The zero-order chi connectivity index (χ0) is 11.4. The van der Waals surface area contributed by atoms with Crippen molar-refractivity contribution in [3.05, 3.63) is 48.2 Å². The van der Waals surface area contributed by atoms with Crippen molar-refractivity contribution < 1.29 is 9.21 Å². The molecule has 2 rings (SSSR count). The van der Waals surface area contributed by atoms with Crippen molar-refractivity contribution >= 4 is 11.6 Å². The fourth-order valence-corrected chi connectivity index (χ4v) is 1.22. The highest BCUT2D eigenvalue weighted by Crippen LogP contribution is 2.09. The molecule has 5 nitrogen and oxygen atoms in total. The van der Waals surface area contributed by atoms with E-state index >= 15 is 0 Å². The zero-order valence-electron chi connectivity index (χ0n) is 8.51. The smallest absolute Gasteiger partial charge is 0.293 e. The molecule has 0 aliphatic heterocycles. The lowest BCUT2D eigenvalue weighted by atomic mass is 10.3. The first-order chi connectivity index (χ1) is 7.79. The van der Waals surface area contributed by atoms with E-state index in [1.54, 1.807) is 12.1 Å². The number of anilines is 1. The maximum absolute atomic E-state index is 11.7. The quantitative estimate of drug-likeness (QED) is 0.813. The summed E-state index contributed by atoms with van der Waals surface area (Å²) in [6.07, 6.45) is 1.36. The molecular formula is C11H11N3O2. The minimum Gasteiger partial charge on any atom is -0.434 e. The van der Waals surface area contributed by atoms with Gasteiger partial charge in [0.05, 0.1) is 12.7 Å². The Morgan fingerprint density at radius 3 is 2.75 bits per heavy atom. The van der Waals surface area contributed by atoms with E-state index in [0.29, 0.717) is 11.6 Å². The van der Waals surface area contributed by atoms with Crippen LogP contribution in [0, 0.1) is 0 Å². The number of nitrogens with one attached hydrogen (secondary N) is 1. The number of nitrogens with two attached hydrogens (primary N) is 1. The van der Waals surface area contributed by atoms with Crippen LogP contribution in [-0.2, 0) is 6.54 Å². The topological polar surface area (TPSA) is 81.1 Å². The van der Waals surface area contributed by atoms with E-state index in [1.165, 1.54) is 6.20 Å². The number of nitrogens with zero attached hydrogens (tertiary/aromatic N) is 1. The third-order valence-corrected chi connectivity index (χ3v) is 1.98. The predicted octanol–water partition coefficient (Wildman–Crippen LogP) is 1.39. The van der Waals surface area contributed by atoms with Crippen LogP contribution < -0.4 is 11.1 Å². The van der Waals surface area contributed by atoms with Gasteiger partial charge in [-0.15, -0.1) is 0 Å². The summed E-state index contributed by atoms with van der Waals surface area (Å²) in [5.41, 5.74) is 6.03. The first kappa shape index (κ1) is 10.4. The molecule has 0 spiro atoms. The highest BCUT2D eigenvalue weighted by molar-refractivity contribution is 6.01. The summed E-state index contributed by atoms with van der Waals surface area (Å²) < 4.78 is 5.12. The average Bonchev–Trinajstić information content (AvgIpc) is 2.79. The molecule has 0 aliphatic rings. The molecule has 3 N–H and O–H groups in total. The van der Waals surface area contributed by atoms with E-state index in [0.717, 1.165) is 0 Å². The number of rotatable bonds is 3. The second-order valence-corrected chi connectivity index (χ2v) is 3.14. The van der Waals surface area contributed by atoms with Crippen LogP contribution in [0.1, 0.15) is 16.4 Å². The van der Waals surface area contributed by atoms with E-state index in [9.17, 15) is 4.79 Å². The monoisotopic (exact) mass is 217 g/mol. The van der Waals surface area contributed by atoms with Crippen molar-refractivity contribution in [1.29, 1.82) is 0 Å². The van der Waals surface area contributed by atoms with E-state index < -0.39 is 0 Å². The molecule has 0 saturated carbocycles. The number of amides is 1. The third-order valence-electron chi connectivity index (χ3n) is 1.98. The van der Waals surface area contributed by atoms with Crippen LogP contribution in [0.15, 0.2) is 40.9 Å². The number of carbonyl (C=O) groups is 1. The lowest BCUT2D eigenvalue weighted by Gasteiger charge is -2.01. The molecule has 5 heteroatoms. The zero-order valence-corrected chi connectivity index (χ0v) is 8.51. The minimum atomic E-state index is -0.335. The van der Waals surface area contributed by atoms with Crippen molar-refractivity contribution in [1.82, 2.24) is 4.98 Å². The summed E-state index contributed by atoms with van der Waals surface area (Å²) in [6.45, 7) is 0.179. The largest absolute Gasteiger partial charge is 0.434 e. The lowest BCUT2D eigenvalue weighted by molar-refractivity contribution is 0.0995. The van der Waals surface area contributed by atoms with Gasteiger partial charge in [-0.1, -0.05) is 18.2 Å². The Hall–Kier alpha value is -2.14. The molecular weight excluding hydrogens is 206 g/mol. The molecule has 0 atom stereocenters. The summed E-state index contributed by atoms with van der Waals surface area (Å²) in [7, 11) is 0. The van der Waals surface area contributed by atoms with Gasteiger partial charge in [0, 0.05) is 5.69 Å². The van der Waals surface area contributed by atoms with Gasteiger partial charge in [-0.05, 0) is 12.1 Å². The Kier molecular flexibility index (Phi) is 2.98. The molecule has 16 heavy (non-hydrogen) atoms. The Morgan fingerprint density at radius 1 is 1.38 bits per heavy atom. The van der Waals surface area contributed by atoms with Gasteiger partial charge in [-0.3, -0.25) is 4.79 Å². The van der Waals surface area contributed by atoms with Gasteiger partial charge in [0.2, 0.25) is 11.7 Å². The maximum Gasteiger partial charge on any atom is 0.293 e. The van der Waals surface area contributed by atoms with Crippen LogP contribution in [0.3, 0.4) is 0 Å². The van der Waals surface area contributed by atoms with Crippen LogP contribution in [-0.4, -0.2) is 10.9 Å².